The Morgan fingerprint density at radius 1 is 1.07 bits per heavy atom. The molecule has 2 N–H and O–H groups in total. The molecule has 30 heavy (non-hydrogen) atoms. The van der Waals surface area contributed by atoms with Gasteiger partial charge in [-0.1, -0.05) is 32.9 Å². The highest BCUT2D eigenvalue weighted by atomic mass is 32.1. The van der Waals surface area contributed by atoms with Crippen LogP contribution in [0, 0.1) is 0 Å². The van der Waals surface area contributed by atoms with E-state index in [2.05, 4.69) is 48.5 Å². The number of fused-ring (bicyclic) bond motifs is 1. The van der Waals surface area contributed by atoms with E-state index in [0.29, 0.717) is 22.7 Å². The molecule has 0 unspecified atom stereocenters. The van der Waals surface area contributed by atoms with Crippen molar-refractivity contribution in [2.75, 3.05) is 5.32 Å². The number of amides is 1. The first-order valence-corrected chi connectivity index (χ1v) is 9.88. The Morgan fingerprint density at radius 3 is 2.50 bits per heavy atom. The number of nitrogens with one attached hydrogen (secondary N) is 2. The van der Waals surface area contributed by atoms with Crippen LogP contribution in [-0.2, 0) is 5.41 Å². The summed E-state index contributed by atoms with van der Waals surface area (Å²) in [6.07, 6.45) is 1.43. The largest absolute Gasteiger partial charge is 0.459 e. The summed E-state index contributed by atoms with van der Waals surface area (Å²) in [4.78, 5) is 16.6. The van der Waals surface area contributed by atoms with Gasteiger partial charge in [-0.05, 0) is 65.7 Å². The smallest absolute Gasteiger partial charge is 0.293 e. The highest BCUT2D eigenvalue weighted by Gasteiger charge is 2.15. The summed E-state index contributed by atoms with van der Waals surface area (Å²) in [7, 11) is 0. The summed E-state index contributed by atoms with van der Waals surface area (Å²) in [5.74, 6) is 0.325. The Labute approximate surface area is 179 Å². The van der Waals surface area contributed by atoms with Gasteiger partial charge in [0.25, 0.3) is 5.91 Å². The number of carbonyl (C=O) groups is 1. The number of aromatic nitrogens is 1. The minimum atomic E-state index is -0.416. The zero-order chi connectivity index (χ0) is 21.3. The summed E-state index contributed by atoms with van der Waals surface area (Å²) in [6.45, 7) is 6.53. The van der Waals surface area contributed by atoms with Crippen LogP contribution in [0.25, 0.3) is 22.6 Å². The third-order valence-corrected chi connectivity index (χ3v) is 4.82. The van der Waals surface area contributed by atoms with Crippen molar-refractivity contribution < 1.29 is 13.6 Å². The lowest BCUT2D eigenvalue weighted by Gasteiger charge is -2.18. The molecule has 2 aromatic carbocycles. The van der Waals surface area contributed by atoms with Gasteiger partial charge in [-0.2, -0.15) is 0 Å². The fourth-order valence-electron chi connectivity index (χ4n) is 2.98. The molecule has 0 bridgehead atoms. The molecule has 0 atom stereocenters. The first kappa shape index (κ1) is 19.8. The molecule has 4 aromatic rings. The maximum Gasteiger partial charge on any atom is 0.293 e. The van der Waals surface area contributed by atoms with E-state index in [4.69, 9.17) is 21.1 Å². The highest BCUT2D eigenvalue weighted by Crippen LogP contribution is 2.29. The minimum absolute atomic E-state index is 0.0885. The number of carbonyl (C=O) groups excluding carboxylic acids is 1. The molecular formula is C23H21N3O3S. The molecule has 4 rings (SSSR count). The molecule has 0 fully saturated rings. The van der Waals surface area contributed by atoms with Gasteiger partial charge in [-0.3, -0.25) is 10.1 Å². The van der Waals surface area contributed by atoms with Crippen LogP contribution in [0.3, 0.4) is 0 Å². The predicted octanol–water partition coefficient (Wildman–Crippen LogP) is 5.51. The van der Waals surface area contributed by atoms with Crippen molar-refractivity contribution >= 4 is 40.0 Å². The Kier molecular flexibility index (Phi) is 5.13. The molecule has 152 valence electrons. The van der Waals surface area contributed by atoms with Gasteiger partial charge < -0.3 is 14.2 Å². The number of thiocarbonyl (C=S) groups is 1. The molecule has 0 aliphatic heterocycles. The Morgan fingerprint density at radius 2 is 1.83 bits per heavy atom. The first-order valence-electron chi connectivity index (χ1n) is 9.47. The first-order chi connectivity index (χ1) is 14.3. The molecule has 2 aromatic heterocycles. The van der Waals surface area contributed by atoms with E-state index in [0.717, 1.165) is 5.56 Å². The van der Waals surface area contributed by atoms with Crippen LogP contribution in [0.5, 0.6) is 0 Å². The highest BCUT2D eigenvalue weighted by molar-refractivity contribution is 7.80. The standard InChI is InChI=1S/C23H21N3O3S/c1-23(2,3)15-8-6-14(7-9-15)21-25-17-13-16(10-11-18(17)29-21)24-22(30)26-20(27)19-5-4-12-28-19/h4-13H,1-3H3,(H2,24,26,27,30). The monoisotopic (exact) mass is 419 g/mol. The molecule has 0 spiro atoms. The lowest BCUT2D eigenvalue weighted by atomic mass is 9.87. The van der Waals surface area contributed by atoms with Gasteiger partial charge in [0, 0.05) is 11.3 Å². The fourth-order valence-corrected chi connectivity index (χ4v) is 3.19. The van der Waals surface area contributed by atoms with Crippen molar-refractivity contribution in [3.8, 4) is 11.5 Å². The number of hydrogen-bond acceptors (Lipinski definition) is 5. The van der Waals surface area contributed by atoms with Crippen LogP contribution in [-0.4, -0.2) is 16.0 Å². The molecular weight excluding hydrogens is 398 g/mol. The van der Waals surface area contributed by atoms with Crippen molar-refractivity contribution in [1.29, 1.82) is 0 Å². The third-order valence-electron chi connectivity index (χ3n) is 4.62. The van der Waals surface area contributed by atoms with E-state index in [1.807, 2.05) is 30.3 Å². The van der Waals surface area contributed by atoms with Crippen LogP contribution < -0.4 is 10.6 Å². The number of hydrogen-bond donors (Lipinski definition) is 2. The normalized spacial score (nSPS) is 11.4. The van der Waals surface area contributed by atoms with Crippen LogP contribution in [0.4, 0.5) is 5.69 Å². The molecule has 7 heteroatoms. The topological polar surface area (TPSA) is 80.3 Å². The van der Waals surface area contributed by atoms with E-state index >= 15 is 0 Å². The van der Waals surface area contributed by atoms with E-state index < -0.39 is 5.91 Å². The Hall–Kier alpha value is -3.45. The second-order valence-corrected chi connectivity index (χ2v) is 8.32. The van der Waals surface area contributed by atoms with Crippen LogP contribution in [0.1, 0.15) is 36.9 Å². The fraction of sp³-hybridized carbons (Fsp3) is 0.174. The van der Waals surface area contributed by atoms with Crippen LogP contribution in [0.2, 0.25) is 0 Å². The SMILES string of the molecule is CC(C)(C)c1ccc(-c2nc3cc(NC(=S)NC(=O)c4ccco4)ccc3o2)cc1. The molecule has 0 saturated carbocycles. The minimum Gasteiger partial charge on any atom is -0.459 e. The lowest BCUT2D eigenvalue weighted by molar-refractivity contribution is 0.0950. The van der Waals surface area contributed by atoms with Crippen LogP contribution >= 0.6 is 12.2 Å². The van der Waals surface area contributed by atoms with Gasteiger partial charge in [0.05, 0.1) is 6.26 Å². The van der Waals surface area contributed by atoms with Gasteiger partial charge >= 0.3 is 0 Å². The van der Waals surface area contributed by atoms with Crippen molar-refractivity contribution in [2.45, 2.75) is 26.2 Å². The van der Waals surface area contributed by atoms with Crippen molar-refractivity contribution in [2.24, 2.45) is 0 Å². The summed E-state index contributed by atoms with van der Waals surface area (Å²) in [6, 6.07) is 16.9. The number of benzene rings is 2. The summed E-state index contributed by atoms with van der Waals surface area (Å²) >= 11 is 5.20. The van der Waals surface area contributed by atoms with Gasteiger partial charge in [-0.25, -0.2) is 4.98 Å². The Bertz CT molecular complexity index is 1200. The average molecular weight is 420 g/mol. The van der Waals surface area contributed by atoms with Crippen molar-refractivity contribution in [3.63, 3.8) is 0 Å². The van der Waals surface area contributed by atoms with E-state index in [-0.39, 0.29) is 16.3 Å². The van der Waals surface area contributed by atoms with Gasteiger partial charge in [0.1, 0.15) is 5.52 Å². The number of nitrogens with zero attached hydrogens (tertiary/aromatic N) is 1. The van der Waals surface area contributed by atoms with E-state index in [9.17, 15) is 4.79 Å². The third kappa shape index (κ3) is 4.26. The zero-order valence-corrected chi connectivity index (χ0v) is 17.7. The molecule has 0 aliphatic rings. The molecule has 0 saturated heterocycles. The van der Waals surface area contributed by atoms with Gasteiger partial charge in [0.15, 0.2) is 16.5 Å². The van der Waals surface area contributed by atoms with Gasteiger partial charge in [0.2, 0.25) is 5.89 Å². The number of rotatable bonds is 3. The van der Waals surface area contributed by atoms with Crippen molar-refractivity contribution in [3.05, 3.63) is 72.2 Å². The molecule has 2 heterocycles. The lowest BCUT2D eigenvalue weighted by Crippen LogP contribution is -2.33. The zero-order valence-electron chi connectivity index (χ0n) is 16.9. The summed E-state index contributed by atoms with van der Waals surface area (Å²) in [5.41, 5.74) is 4.30. The number of furan rings is 1. The maximum absolute atomic E-state index is 12.0. The maximum atomic E-state index is 12.0. The number of oxazole rings is 1. The predicted molar refractivity (Wildman–Crippen MR) is 121 cm³/mol. The average Bonchev–Trinajstić information content (AvgIpc) is 3.37. The number of anilines is 1. The quantitative estimate of drug-likeness (QED) is 0.426. The molecule has 0 radical (unpaired) electrons. The molecule has 1 amide bonds. The summed E-state index contributed by atoms with van der Waals surface area (Å²) < 4.78 is 11.0. The summed E-state index contributed by atoms with van der Waals surface area (Å²) in [5, 5.41) is 5.71. The molecule has 0 aliphatic carbocycles. The van der Waals surface area contributed by atoms with Crippen molar-refractivity contribution in [1.82, 2.24) is 10.3 Å². The van der Waals surface area contributed by atoms with E-state index in [1.54, 1.807) is 12.1 Å². The molecule has 6 nitrogen and oxygen atoms in total. The van der Waals surface area contributed by atoms with Crippen LogP contribution in [0.15, 0.2) is 69.7 Å². The van der Waals surface area contributed by atoms with Gasteiger partial charge in [-0.15, -0.1) is 0 Å². The Balaban J connectivity index is 1.50. The second-order valence-electron chi connectivity index (χ2n) is 7.91. The second kappa shape index (κ2) is 7.76. The van der Waals surface area contributed by atoms with E-state index in [1.165, 1.54) is 11.8 Å².